The van der Waals surface area contributed by atoms with Crippen molar-refractivity contribution in [1.29, 1.82) is 0 Å². The number of carbonyl (C=O) groups excluding carboxylic acids is 2. The van der Waals surface area contributed by atoms with Crippen molar-refractivity contribution in [3.8, 4) is 34.5 Å². The third-order valence-corrected chi connectivity index (χ3v) is 11.7. The van der Waals surface area contributed by atoms with E-state index in [1.807, 2.05) is 0 Å². The number of rotatable bonds is 16. The van der Waals surface area contributed by atoms with Gasteiger partial charge in [0, 0.05) is 54.4 Å². The fourth-order valence-corrected chi connectivity index (χ4v) is 7.89. The van der Waals surface area contributed by atoms with Crippen molar-refractivity contribution in [2.45, 2.75) is 19.3 Å². The third kappa shape index (κ3) is 13.0. The quantitative estimate of drug-likeness (QED) is 0.0802. The number of H-pyrrole nitrogens is 2. The number of methoxy groups -OCH3 is 6. The van der Waals surface area contributed by atoms with Gasteiger partial charge in [-0.05, 0) is 79.8 Å². The molecule has 4 aromatic heterocycles. The van der Waals surface area contributed by atoms with Crippen LogP contribution in [0.3, 0.4) is 0 Å². The summed E-state index contributed by atoms with van der Waals surface area (Å²) in [5, 5.41) is 0.191. The van der Waals surface area contributed by atoms with E-state index in [1.54, 1.807) is 24.3 Å². The van der Waals surface area contributed by atoms with Crippen molar-refractivity contribution in [2.75, 3.05) is 95.1 Å². The molecule has 0 amide bonds. The summed E-state index contributed by atoms with van der Waals surface area (Å²) >= 11 is 11.2. The molecule has 26 heteroatoms. The Morgan fingerprint density at radius 2 is 0.873 bits per heavy atom. The summed E-state index contributed by atoms with van der Waals surface area (Å²) in [6.07, 6.45) is 2.50. The number of hydrogen-bond acceptors (Lipinski definition) is 18. The maximum Gasteiger partial charge on any atom is 0.338 e. The van der Waals surface area contributed by atoms with Crippen LogP contribution in [-0.4, -0.2) is 155 Å². The second kappa shape index (κ2) is 25.2. The number of imidazole rings is 2. The minimum Gasteiger partial charge on any atom is -0.493 e. The normalized spacial score (nSPS) is 12.8. The van der Waals surface area contributed by atoms with Crippen molar-refractivity contribution >= 4 is 57.5 Å². The number of benzene rings is 2. The molecular formula is C45H58Cl2N10O14. The molecule has 0 bridgehead atoms. The van der Waals surface area contributed by atoms with Gasteiger partial charge < -0.3 is 57.7 Å². The van der Waals surface area contributed by atoms with E-state index in [1.165, 1.54) is 80.0 Å². The molecule has 1 saturated heterocycles. The SMILES string of the molecule is COc1cc(C(=O)OCCCN2CCCN(CCCOC(=O)c3cc(OC)c(OC)c(OC)c3)CC2)cc(OC)c1OC.Cn1c(=O)c2[nH]c(Cl)nc2n(C)c1=O.Cn1c(=O)c2[nH]c(Cl)nc2n(C)c1=O. The maximum atomic E-state index is 12.6. The number of nitrogens with one attached hydrogen (secondary N) is 2. The molecule has 2 N–H and O–H groups in total. The number of hydrogen-bond donors (Lipinski definition) is 2. The Hall–Kier alpha value is -7.02. The zero-order valence-electron chi connectivity index (χ0n) is 41.1. The zero-order chi connectivity index (χ0) is 52.1. The van der Waals surface area contributed by atoms with E-state index in [0.717, 1.165) is 67.7 Å². The van der Waals surface area contributed by atoms with Crippen molar-refractivity contribution in [3.63, 3.8) is 0 Å². The Bertz CT molecular complexity index is 2830. The lowest BCUT2D eigenvalue weighted by atomic mass is 10.2. The van der Waals surface area contributed by atoms with Crippen LogP contribution in [0.5, 0.6) is 34.5 Å². The van der Waals surface area contributed by atoms with Crippen LogP contribution in [0.1, 0.15) is 40.0 Å². The van der Waals surface area contributed by atoms with Gasteiger partial charge in [0.25, 0.3) is 11.1 Å². The number of esters is 2. The molecule has 24 nitrogen and oxygen atoms in total. The summed E-state index contributed by atoms with van der Waals surface area (Å²) in [5.41, 5.74) is -0.0187. The molecule has 5 heterocycles. The molecule has 0 saturated carbocycles. The van der Waals surface area contributed by atoms with Crippen LogP contribution < -0.4 is 50.9 Å². The lowest BCUT2D eigenvalue weighted by molar-refractivity contribution is 0.0475. The number of ether oxygens (including phenoxy) is 8. The Balaban J connectivity index is 0.000000267. The molecule has 0 aliphatic carbocycles. The van der Waals surface area contributed by atoms with Gasteiger partial charge >= 0.3 is 23.3 Å². The zero-order valence-corrected chi connectivity index (χ0v) is 42.6. The Kier molecular flexibility index (Phi) is 19.5. The summed E-state index contributed by atoms with van der Waals surface area (Å²) < 4.78 is 47.4. The van der Waals surface area contributed by atoms with Gasteiger partial charge in [-0.3, -0.25) is 27.9 Å². The fourth-order valence-electron chi connectivity index (χ4n) is 7.54. The number of halogens is 2. The van der Waals surface area contributed by atoms with Crippen molar-refractivity contribution < 1.29 is 47.5 Å². The predicted molar refractivity (Wildman–Crippen MR) is 263 cm³/mol. The molecule has 1 fully saturated rings. The summed E-state index contributed by atoms with van der Waals surface area (Å²) in [6, 6.07) is 6.34. The molecule has 6 aromatic rings. The molecule has 2 aromatic carbocycles. The first-order valence-electron chi connectivity index (χ1n) is 21.9. The van der Waals surface area contributed by atoms with Crippen LogP contribution >= 0.6 is 23.2 Å². The minimum atomic E-state index is -0.438. The average molecular weight is 1030 g/mol. The standard InChI is InChI=1S/C31H44N2O10.2C7H7ClN4O2/c1-36-24-18-22(19-25(37-2)28(24)40-5)30(34)42-16-8-12-32-10-7-11-33(15-14-32)13-9-17-43-31(35)23-20-26(38-3)29(41-6)27(21-23)39-4;2*1-11-4-3(9-6(8)10-4)5(13)12(2)7(11)14/h18-21H,7-17H2,1-6H3;2*1-2H3,(H,9,10). The monoisotopic (exact) mass is 1030 g/mol. The van der Waals surface area contributed by atoms with E-state index < -0.39 is 34.4 Å². The summed E-state index contributed by atoms with van der Waals surface area (Å²) in [6.45, 7) is 6.10. The van der Waals surface area contributed by atoms with Gasteiger partial charge in [0.2, 0.25) is 22.1 Å². The molecule has 71 heavy (non-hydrogen) atoms. The topological polar surface area (TPSA) is 260 Å². The van der Waals surface area contributed by atoms with Crippen LogP contribution in [0.4, 0.5) is 0 Å². The van der Waals surface area contributed by atoms with Gasteiger partial charge in [0.05, 0.1) is 67.0 Å². The summed E-state index contributed by atoms with van der Waals surface area (Å²) in [4.78, 5) is 88.8. The highest BCUT2D eigenvalue weighted by Crippen LogP contribution is 2.39. The molecule has 1 aliphatic rings. The highest BCUT2D eigenvalue weighted by atomic mass is 35.5. The Morgan fingerprint density at radius 3 is 1.18 bits per heavy atom. The van der Waals surface area contributed by atoms with Crippen LogP contribution in [-0.2, 0) is 37.7 Å². The van der Waals surface area contributed by atoms with E-state index in [-0.39, 0.29) is 32.9 Å². The van der Waals surface area contributed by atoms with Crippen LogP contribution in [0.15, 0.2) is 43.4 Å². The number of aromatic amines is 2. The molecule has 0 radical (unpaired) electrons. The molecule has 0 spiro atoms. The maximum absolute atomic E-state index is 12.6. The fraction of sp³-hybridized carbons (Fsp3) is 0.467. The van der Waals surface area contributed by atoms with Gasteiger partial charge in [0.15, 0.2) is 45.3 Å². The summed E-state index contributed by atoms with van der Waals surface area (Å²) in [5.74, 6) is 1.58. The first kappa shape index (κ1) is 54.9. The van der Waals surface area contributed by atoms with Crippen LogP contribution in [0.25, 0.3) is 22.3 Å². The average Bonchev–Trinajstić information content (AvgIpc) is 3.90. The van der Waals surface area contributed by atoms with Gasteiger partial charge in [-0.2, -0.15) is 9.97 Å². The molecule has 0 atom stereocenters. The number of aryl methyl sites for hydroxylation is 2. The Morgan fingerprint density at radius 1 is 0.535 bits per heavy atom. The number of aromatic nitrogens is 8. The van der Waals surface area contributed by atoms with Gasteiger partial charge in [0.1, 0.15) is 0 Å². The van der Waals surface area contributed by atoms with Crippen LogP contribution in [0.2, 0.25) is 10.6 Å². The smallest absolute Gasteiger partial charge is 0.338 e. The van der Waals surface area contributed by atoms with Gasteiger partial charge in [-0.1, -0.05) is 0 Å². The predicted octanol–water partition coefficient (Wildman–Crippen LogP) is 2.77. The summed E-state index contributed by atoms with van der Waals surface area (Å²) in [7, 11) is 14.9. The molecular weight excluding hydrogens is 975 g/mol. The number of carbonyl (C=O) groups is 2. The van der Waals surface area contributed by atoms with Crippen molar-refractivity contribution in [3.05, 3.63) is 87.6 Å². The number of fused-ring (bicyclic) bond motifs is 2. The molecule has 7 rings (SSSR count). The van der Waals surface area contributed by atoms with Gasteiger partial charge in [-0.25, -0.2) is 19.2 Å². The van der Waals surface area contributed by atoms with E-state index in [9.17, 15) is 28.8 Å². The van der Waals surface area contributed by atoms with E-state index >= 15 is 0 Å². The Labute approximate surface area is 416 Å². The van der Waals surface area contributed by atoms with E-state index in [4.69, 9.17) is 61.1 Å². The number of nitrogens with zero attached hydrogens (tertiary/aromatic N) is 8. The van der Waals surface area contributed by atoms with Crippen molar-refractivity contribution in [2.24, 2.45) is 28.2 Å². The highest BCUT2D eigenvalue weighted by Gasteiger charge is 2.21. The van der Waals surface area contributed by atoms with E-state index in [0.29, 0.717) is 58.8 Å². The lowest BCUT2D eigenvalue weighted by Crippen LogP contribution is -2.36. The third-order valence-electron chi connectivity index (χ3n) is 11.3. The minimum absolute atomic E-state index is 0.0956. The second-order valence-corrected chi connectivity index (χ2v) is 16.4. The van der Waals surface area contributed by atoms with E-state index in [2.05, 4.69) is 29.7 Å². The van der Waals surface area contributed by atoms with Crippen molar-refractivity contribution in [1.82, 2.24) is 48.0 Å². The van der Waals surface area contributed by atoms with Gasteiger partial charge in [-0.15, -0.1) is 0 Å². The first-order valence-corrected chi connectivity index (χ1v) is 22.7. The molecule has 386 valence electrons. The lowest BCUT2D eigenvalue weighted by Gasteiger charge is -2.21. The second-order valence-electron chi connectivity index (χ2n) is 15.7. The van der Waals surface area contributed by atoms with Crippen LogP contribution in [0, 0.1) is 0 Å². The largest absolute Gasteiger partial charge is 0.493 e. The molecule has 1 aliphatic heterocycles. The highest BCUT2D eigenvalue weighted by molar-refractivity contribution is 6.29. The first-order chi connectivity index (χ1) is 33.9. The molecule has 0 unspecified atom stereocenters.